The van der Waals surface area contributed by atoms with Gasteiger partial charge in [-0.25, -0.2) is 9.78 Å². The third kappa shape index (κ3) is 3.36. The first-order valence-corrected chi connectivity index (χ1v) is 5.59. The van der Waals surface area contributed by atoms with Crippen LogP contribution in [0.5, 0.6) is 0 Å². The highest BCUT2D eigenvalue weighted by Gasteiger charge is 2.23. The molecule has 0 unspecified atom stereocenters. The summed E-state index contributed by atoms with van der Waals surface area (Å²) in [5.41, 5.74) is -0.918. The van der Waals surface area contributed by atoms with E-state index in [1.807, 2.05) is 0 Å². The van der Waals surface area contributed by atoms with Gasteiger partial charge >= 0.3 is 5.97 Å². The molecule has 1 rings (SSSR count). The van der Waals surface area contributed by atoms with Crippen molar-refractivity contribution in [3.8, 4) is 0 Å². The van der Waals surface area contributed by atoms with Crippen LogP contribution < -0.4 is 0 Å². The minimum absolute atomic E-state index is 0.389. The van der Waals surface area contributed by atoms with Gasteiger partial charge in [0, 0.05) is 31.0 Å². The largest absolute Gasteiger partial charge is 0.477 e. The topological polar surface area (TPSA) is 70.5 Å². The van der Waals surface area contributed by atoms with Gasteiger partial charge in [0.25, 0.3) is 0 Å². The molecular formula is C11H10BrFN2O3. The van der Waals surface area contributed by atoms with E-state index in [-0.39, 0.29) is 5.56 Å². The van der Waals surface area contributed by atoms with E-state index >= 15 is 0 Å². The number of carboxylic acids is 1. The molecule has 1 heterocycles. The Kier molecular flexibility index (Phi) is 4.55. The van der Waals surface area contributed by atoms with Crippen molar-refractivity contribution in [1.82, 2.24) is 9.88 Å². The number of rotatable bonds is 4. The Morgan fingerprint density at radius 3 is 2.61 bits per heavy atom. The summed E-state index contributed by atoms with van der Waals surface area (Å²) in [5, 5.41) is 8.94. The average Bonchev–Trinajstić information content (AvgIpc) is 2.27. The van der Waals surface area contributed by atoms with Crippen molar-refractivity contribution in [3.63, 3.8) is 0 Å². The van der Waals surface area contributed by atoms with Gasteiger partial charge in [-0.3, -0.25) is 4.79 Å². The molecule has 0 bridgehead atoms. The zero-order chi connectivity index (χ0) is 13.9. The highest BCUT2D eigenvalue weighted by atomic mass is 79.9. The molecule has 0 aliphatic heterocycles. The second-order valence-electron chi connectivity index (χ2n) is 3.63. The molecule has 0 radical (unpaired) electrons. The van der Waals surface area contributed by atoms with Crippen LogP contribution in [0.4, 0.5) is 4.39 Å². The van der Waals surface area contributed by atoms with Crippen LogP contribution in [0.15, 0.2) is 28.5 Å². The van der Waals surface area contributed by atoms with Gasteiger partial charge in [-0.1, -0.05) is 0 Å². The zero-order valence-corrected chi connectivity index (χ0v) is 11.2. The summed E-state index contributed by atoms with van der Waals surface area (Å²) in [4.78, 5) is 27.6. The van der Waals surface area contributed by atoms with Crippen molar-refractivity contribution < 1.29 is 19.1 Å². The van der Waals surface area contributed by atoms with E-state index < -0.39 is 23.3 Å². The van der Waals surface area contributed by atoms with Crippen LogP contribution in [-0.4, -0.2) is 40.8 Å². The monoisotopic (exact) mass is 316 g/mol. The van der Waals surface area contributed by atoms with Crippen LogP contribution in [0.25, 0.3) is 0 Å². The quantitative estimate of drug-likeness (QED) is 0.301. The zero-order valence-electron chi connectivity index (χ0n) is 9.65. The first-order valence-electron chi connectivity index (χ1n) is 4.80. The number of carbonyl (C=O) groups excluding carboxylic acids is 1. The number of aromatic nitrogens is 1. The van der Waals surface area contributed by atoms with E-state index in [2.05, 4.69) is 20.9 Å². The molecule has 7 heteroatoms. The van der Waals surface area contributed by atoms with Gasteiger partial charge in [-0.15, -0.1) is 0 Å². The van der Waals surface area contributed by atoms with Gasteiger partial charge in [-0.2, -0.15) is 4.39 Å². The maximum absolute atomic E-state index is 13.4. The van der Waals surface area contributed by atoms with E-state index in [9.17, 15) is 14.0 Å². The molecule has 1 aromatic heterocycles. The third-order valence-electron chi connectivity index (χ3n) is 1.91. The SMILES string of the molecule is CN(C)/C=C(\C(=O)O)C(=O)c1cc(Br)cnc1F. The maximum Gasteiger partial charge on any atom is 0.341 e. The summed E-state index contributed by atoms with van der Waals surface area (Å²) < 4.78 is 13.8. The molecule has 0 saturated heterocycles. The first kappa shape index (κ1) is 14.3. The lowest BCUT2D eigenvalue weighted by Crippen LogP contribution is -2.18. The molecule has 0 saturated carbocycles. The van der Waals surface area contributed by atoms with Crippen LogP contribution in [-0.2, 0) is 4.79 Å². The van der Waals surface area contributed by atoms with E-state index in [4.69, 9.17) is 5.11 Å². The molecule has 0 aliphatic rings. The Balaban J connectivity index is 3.27. The standard InChI is InChI=1S/C11H10BrFN2O3/c1-15(2)5-8(11(17)18)9(16)7-3-6(12)4-14-10(7)13/h3-5H,1-2H3,(H,17,18)/b8-5-. The molecule has 18 heavy (non-hydrogen) atoms. The van der Waals surface area contributed by atoms with Crippen LogP contribution in [0.2, 0.25) is 0 Å². The third-order valence-corrected chi connectivity index (χ3v) is 2.35. The molecule has 0 amide bonds. The molecule has 96 valence electrons. The van der Waals surface area contributed by atoms with Crippen LogP contribution in [0.3, 0.4) is 0 Å². The smallest absolute Gasteiger partial charge is 0.341 e. The second-order valence-corrected chi connectivity index (χ2v) is 4.55. The normalized spacial score (nSPS) is 11.2. The predicted octanol–water partition coefficient (Wildman–Crippen LogP) is 1.70. The number of carboxylic acid groups (broad SMARTS) is 1. The number of ketones is 1. The number of Topliss-reactive ketones (excluding diaryl/α,β-unsaturated/α-hetero) is 1. The lowest BCUT2D eigenvalue weighted by molar-refractivity contribution is -0.132. The summed E-state index contributed by atoms with van der Waals surface area (Å²) in [6.45, 7) is 0. The number of pyridine rings is 1. The number of carbonyl (C=O) groups is 2. The van der Waals surface area contributed by atoms with Crippen molar-refractivity contribution >= 4 is 27.7 Å². The molecule has 0 aromatic carbocycles. The number of halogens is 2. The average molecular weight is 317 g/mol. The lowest BCUT2D eigenvalue weighted by Gasteiger charge is -2.08. The highest BCUT2D eigenvalue weighted by molar-refractivity contribution is 9.10. The molecule has 1 aromatic rings. The summed E-state index contributed by atoms with van der Waals surface area (Å²) in [6, 6.07) is 1.19. The fourth-order valence-corrected chi connectivity index (χ4v) is 1.53. The molecule has 0 aliphatic carbocycles. The van der Waals surface area contributed by atoms with Crippen LogP contribution in [0.1, 0.15) is 10.4 Å². The van der Waals surface area contributed by atoms with Gasteiger partial charge in [0.15, 0.2) is 0 Å². The molecular weight excluding hydrogens is 307 g/mol. The Morgan fingerprint density at radius 2 is 2.11 bits per heavy atom. The Hall–Kier alpha value is -1.76. The van der Waals surface area contributed by atoms with E-state index in [0.717, 1.165) is 6.20 Å². The van der Waals surface area contributed by atoms with Crippen LogP contribution in [0, 0.1) is 5.95 Å². The van der Waals surface area contributed by atoms with E-state index in [1.54, 1.807) is 14.1 Å². The second kappa shape index (κ2) is 5.72. The Labute approximate surface area is 111 Å². The first-order chi connectivity index (χ1) is 8.32. The molecule has 0 atom stereocenters. The maximum atomic E-state index is 13.4. The van der Waals surface area contributed by atoms with E-state index in [1.165, 1.54) is 17.2 Å². The number of hydrogen-bond acceptors (Lipinski definition) is 4. The van der Waals surface area contributed by atoms with Gasteiger partial charge in [0.2, 0.25) is 11.7 Å². The number of nitrogens with zero attached hydrogens (tertiary/aromatic N) is 2. The Morgan fingerprint density at radius 1 is 1.50 bits per heavy atom. The molecule has 0 fully saturated rings. The summed E-state index contributed by atoms with van der Waals surface area (Å²) in [5.74, 6) is -3.36. The Bertz CT molecular complexity index is 529. The summed E-state index contributed by atoms with van der Waals surface area (Å²) in [7, 11) is 3.12. The van der Waals surface area contributed by atoms with Crippen molar-refractivity contribution in [2.75, 3.05) is 14.1 Å². The molecule has 5 nitrogen and oxygen atoms in total. The summed E-state index contributed by atoms with van der Waals surface area (Å²) in [6.07, 6.45) is 2.30. The van der Waals surface area contributed by atoms with Crippen molar-refractivity contribution in [3.05, 3.63) is 40.0 Å². The van der Waals surface area contributed by atoms with Crippen LogP contribution >= 0.6 is 15.9 Å². The van der Waals surface area contributed by atoms with Gasteiger partial charge in [-0.05, 0) is 22.0 Å². The van der Waals surface area contributed by atoms with Gasteiger partial charge < -0.3 is 10.0 Å². The van der Waals surface area contributed by atoms with Gasteiger partial charge in [0.05, 0.1) is 5.56 Å². The number of hydrogen-bond donors (Lipinski definition) is 1. The van der Waals surface area contributed by atoms with Crippen molar-refractivity contribution in [2.24, 2.45) is 0 Å². The van der Waals surface area contributed by atoms with Crippen molar-refractivity contribution in [2.45, 2.75) is 0 Å². The fraction of sp³-hybridized carbons (Fsp3) is 0.182. The lowest BCUT2D eigenvalue weighted by atomic mass is 10.1. The van der Waals surface area contributed by atoms with Crippen molar-refractivity contribution in [1.29, 1.82) is 0 Å². The fourth-order valence-electron chi connectivity index (χ4n) is 1.20. The minimum atomic E-state index is -1.42. The minimum Gasteiger partial charge on any atom is -0.477 e. The molecule has 0 spiro atoms. The molecule has 1 N–H and O–H groups in total. The number of aliphatic carboxylic acids is 1. The summed E-state index contributed by atoms with van der Waals surface area (Å²) >= 11 is 3.04. The predicted molar refractivity (Wildman–Crippen MR) is 65.6 cm³/mol. The van der Waals surface area contributed by atoms with E-state index in [0.29, 0.717) is 4.47 Å². The van der Waals surface area contributed by atoms with Gasteiger partial charge in [0.1, 0.15) is 5.57 Å². The highest BCUT2D eigenvalue weighted by Crippen LogP contribution is 2.17.